The standard InChI is InChI=1S/C18H15N3O5S/c1-25-17(22)16-9-7-13(12-19-16)6-8-14-4-2-3-5-15(14)20-27(24)21-10-11-26-18(21)23/h2-5,7,9,12,20H,10-11H2,1H3. The molecule has 1 aromatic carbocycles. The predicted octanol–water partition coefficient (Wildman–Crippen LogP) is 1.71. The van der Waals surface area contributed by atoms with Gasteiger partial charge in [-0.3, -0.25) is 0 Å². The molecule has 0 bridgehead atoms. The summed E-state index contributed by atoms with van der Waals surface area (Å²) in [6, 6.07) is 10.2. The minimum atomic E-state index is -1.77. The highest BCUT2D eigenvalue weighted by molar-refractivity contribution is 7.90. The number of nitrogens with zero attached hydrogens (tertiary/aromatic N) is 2. The molecule has 1 atom stereocenters. The van der Waals surface area contributed by atoms with Gasteiger partial charge in [-0.2, -0.15) is 4.72 Å². The molecule has 9 heteroatoms. The molecular weight excluding hydrogens is 370 g/mol. The lowest BCUT2D eigenvalue weighted by molar-refractivity contribution is 0.0594. The van der Waals surface area contributed by atoms with Gasteiger partial charge < -0.3 is 14.0 Å². The van der Waals surface area contributed by atoms with Crippen molar-refractivity contribution in [3.05, 3.63) is 59.4 Å². The van der Waals surface area contributed by atoms with E-state index in [2.05, 4.69) is 26.3 Å². The number of rotatable bonds is 4. The highest BCUT2D eigenvalue weighted by Gasteiger charge is 2.34. The number of amides is 1. The van der Waals surface area contributed by atoms with E-state index in [9.17, 15) is 14.1 Å². The molecule has 1 fully saturated rings. The Labute approximate surface area is 158 Å². The predicted molar refractivity (Wildman–Crippen MR) is 97.8 cm³/mol. The van der Waals surface area contributed by atoms with Gasteiger partial charge >= 0.3 is 12.1 Å². The zero-order valence-corrected chi connectivity index (χ0v) is 15.1. The van der Waals surface area contributed by atoms with Gasteiger partial charge in [0.25, 0.3) is 0 Å². The van der Waals surface area contributed by atoms with E-state index in [-0.39, 0.29) is 18.8 Å². The van der Waals surface area contributed by atoms with Crippen molar-refractivity contribution >= 4 is 29.3 Å². The molecule has 1 aliphatic heterocycles. The monoisotopic (exact) mass is 385 g/mol. The summed E-state index contributed by atoms with van der Waals surface area (Å²) in [5.41, 5.74) is 1.90. The number of esters is 1. The number of carbonyl (C=O) groups excluding carboxylic acids is 2. The van der Waals surface area contributed by atoms with Gasteiger partial charge in [-0.1, -0.05) is 28.3 Å². The number of hydrogen-bond acceptors (Lipinski definition) is 7. The van der Waals surface area contributed by atoms with Crippen molar-refractivity contribution in [3.8, 4) is 11.8 Å². The number of nitrogens with one attached hydrogen (secondary N) is 1. The zero-order chi connectivity index (χ0) is 19.2. The molecule has 138 valence electrons. The molecule has 1 N–H and O–H groups in total. The van der Waals surface area contributed by atoms with Crippen LogP contribution in [0.1, 0.15) is 21.6 Å². The number of aromatic nitrogens is 1. The van der Waals surface area contributed by atoms with Gasteiger partial charge in [0.15, 0.2) is 0 Å². The molecule has 8 nitrogen and oxygen atoms in total. The van der Waals surface area contributed by atoms with Crippen LogP contribution in [0.4, 0.5) is 10.5 Å². The van der Waals surface area contributed by atoms with E-state index < -0.39 is 23.6 Å². The maximum atomic E-state index is 12.3. The molecule has 0 spiro atoms. The first kappa shape index (κ1) is 18.6. The van der Waals surface area contributed by atoms with E-state index in [0.29, 0.717) is 16.8 Å². The molecule has 1 unspecified atom stereocenters. The highest BCUT2D eigenvalue weighted by Crippen LogP contribution is 2.19. The third kappa shape index (κ3) is 4.49. The first-order valence-electron chi connectivity index (χ1n) is 7.87. The number of anilines is 1. The van der Waals surface area contributed by atoms with Crippen molar-refractivity contribution in [2.75, 3.05) is 25.0 Å². The first-order valence-corrected chi connectivity index (χ1v) is 8.97. The zero-order valence-electron chi connectivity index (χ0n) is 14.3. The van der Waals surface area contributed by atoms with Gasteiger partial charge in [0.2, 0.25) is 11.5 Å². The van der Waals surface area contributed by atoms with Gasteiger partial charge in [0.05, 0.1) is 18.4 Å². The maximum absolute atomic E-state index is 12.3. The Morgan fingerprint density at radius 2 is 2.15 bits per heavy atom. The lowest BCUT2D eigenvalue weighted by Crippen LogP contribution is -2.36. The fourth-order valence-electron chi connectivity index (χ4n) is 2.19. The summed E-state index contributed by atoms with van der Waals surface area (Å²) in [4.78, 5) is 26.9. The molecule has 1 saturated heterocycles. The van der Waals surface area contributed by atoms with Gasteiger partial charge in [-0.05, 0) is 24.3 Å². The number of pyridine rings is 1. The Kier molecular flexibility index (Phi) is 5.80. The number of para-hydroxylation sites is 1. The lowest BCUT2D eigenvalue weighted by Gasteiger charge is -2.17. The van der Waals surface area contributed by atoms with Crippen molar-refractivity contribution in [2.24, 2.45) is 0 Å². The van der Waals surface area contributed by atoms with Crippen LogP contribution in [0.5, 0.6) is 0 Å². The average Bonchev–Trinajstić information content (AvgIpc) is 3.13. The van der Waals surface area contributed by atoms with Crippen molar-refractivity contribution < 1.29 is 23.6 Å². The summed E-state index contributed by atoms with van der Waals surface area (Å²) in [6.45, 7) is 0.465. The second-order valence-electron chi connectivity index (χ2n) is 5.29. The van der Waals surface area contributed by atoms with Crippen LogP contribution < -0.4 is 4.72 Å². The molecule has 0 radical (unpaired) electrons. The van der Waals surface area contributed by atoms with E-state index in [1.807, 2.05) is 0 Å². The van der Waals surface area contributed by atoms with Crippen LogP contribution in [0.15, 0.2) is 42.6 Å². The number of methoxy groups -OCH3 is 1. The van der Waals surface area contributed by atoms with Crippen LogP contribution in [0.25, 0.3) is 0 Å². The average molecular weight is 385 g/mol. The Morgan fingerprint density at radius 1 is 1.33 bits per heavy atom. The Bertz CT molecular complexity index is 907. The van der Waals surface area contributed by atoms with E-state index in [4.69, 9.17) is 4.74 Å². The van der Waals surface area contributed by atoms with Crippen LogP contribution >= 0.6 is 0 Å². The minimum absolute atomic E-state index is 0.193. The number of cyclic esters (lactones) is 1. The van der Waals surface area contributed by atoms with E-state index >= 15 is 0 Å². The quantitative estimate of drug-likeness (QED) is 0.485. The third-order valence-corrected chi connectivity index (χ3v) is 4.67. The Hall–Kier alpha value is -3.22. The van der Waals surface area contributed by atoms with E-state index in [1.54, 1.807) is 30.3 Å². The first-order chi connectivity index (χ1) is 13.1. The molecule has 1 aromatic heterocycles. The molecule has 2 heterocycles. The van der Waals surface area contributed by atoms with Crippen LogP contribution in [0.3, 0.4) is 0 Å². The van der Waals surface area contributed by atoms with Gasteiger partial charge in [0, 0.05) is 11.8 Å². The van der Waals surface area contributed by atoms with Gasteiger partial charge in [-0.25, -0.2) is 14.6 Å². The minimum Gasteiger partial charge on any atom is -0.568 e. The molecular formula is C18H15N3O5S. The molecule has 2 aromatic rings. The number of carbonyl (C=O) groups is 2. The van der Waals surface area contributed by atoms with Crippen LogP contribution in [0, 0.1) is 11.8 Å². The lowest BCUT2D eigenvalue weighted by atomic mass is 10.1. The summed E-state index contributed by atoms with van der Waals surface area (Å²) in [6.07, 6.45) is 0.842. The molecule has 1 amide bonds. The number of ether oxygens (including phenoxy) is 2. The molecule has 27 heavy (non-hydrogen) atoms. The summed E-state index contributed by atoms with van der Waals surface area (Å²) in [7, 11) is 1.29. The van der Waals surface area contributed by atoms with Crippen molar-refractivity contribution in [3.63, 3.8) is 0 Å². The van der Waals surface area contributed by atoms with Crippen molar-refractivity contribution in [1.82, 2.24) is 9.29 Å². The summed E-state index contributed by atoms with van der Waals surface area (Å²) in [5.74, 6) is 5.37. The summed E-state index contributed by atoms with van der Waals surface area (Å²) >= 11 is -1.77. The SMILES string of the molecule is COC(=O)c1ccc(C#Cc2ccccc2N[S+]([O-])N2CCOC2=O)cn1. The third-order valence-electron chi connectivity index (χ3n) is 3.55. The maximum Gasteiger partial charge on any atom is 0.453 e. The Morgan fingerprint density at radius 3 is 2.81 bits per heavy atom. The van der Waals surface area contributed by atoms with Gasteiger partial charge in [-0.15, -0.1) is 0 Å². The van der Waals surface area contributed by atoms with Crippen molar-refractivity contribution in [1.29, 1.82) is 0 Å². The van der Waals surface area contributed by atoms with Crippen LogP contribution in [-0.4, -0.2) is 46.2 Å². The molecule has 0 saturated carbocycles. The summed E-state index contributed by atoms with van der Waals surface area (Å²) < 4.78 is 25.5. The fourth-order valence-corrected chi connectivity index (χ4v) is 3.10. The largest absolute Gasteiger partial charge is 0.568 e. The van der Waals surface area contributed by atoms with E-state index in [1.165, 1.54) is 19.4 Å². The smallest absolute Gasteiger partial charge is 0.453 e. The molecule has 0 aliphatic carbocycles. The number of hydrogen-bond donors (Lipinski definition) is 1. The Balaban J connectivity index is 1.76. The summed E-state index contributed by atoms with van der Waals surface area (Å²) in [5, 5.41) is 0. The molecule has 1 aliphatic rings. The number of benzene rings is 1. The topological polar surface area (TPSA) is 104 Å². The second kappa shape index (κ2) is 8.44. The highest BCUT2D eigenvalue weighted by atomic mass is 32.2. The van der Waals surface area contributed by atoms with Crippen LogP contribution in [-0.2, 0) is 21.0 Å². The van der Waals surface area contributed by atoms with Crippen molar-refractivity contribution in [2.45, 2.75) is 0 Å². The van der Waals surface area contributed by atoms with Crippen LogP contribution in [0.2, 0.25) is 0 Å². The fraction of sp³-hybridized carbons (Fsp3) is 0.167. The van der Waals surface area contributed by atoms with E-state index in [0.717, 1.165) is 4.31 Å². The van der Waals surface area contributed by atoms with Gasteiger partial charge in [0.1, 0.15) is 18.8 Å². The molecule has 3 rings (SSSR count). The normalized spacial score (nSPS) is 14.0. The second-order valence-corrected chi connectivity index (χ2v) is 6.43.